The van der Waals surface area contributed by atoms with Crippen LogP contribution < -0.4 is 20.9 Å². The maximum Gasteiger partial charge on any atom is 0.271 e. The summed E-state index contributed by atoms with van der Waals surface area (Å²) >= 11 is 0. The van der Waals surface area contributed by atoms with Crippen LogP contribution in [0.2, 0.25) is 0 Å². The van der Waals surface area contributed by atoms with Gasteiger partial charge in [0.15, 0.2) is 0 Å². The van der Waals surface area contributed by atoms with Gasteiger partial charge in [-0.25, -0.2) is 0 Å². The summed E-state index contributed by atoms with van der Waals surface area (Å²) in [6.45, 7) is 6.06. The van der Waals surface area contributed by atoms with E-state index in [9.17, 15) is 9.59 Å². The minimum Gasteiger partial charge on any atom is -0.492 e. The molecular weight excluding hydrogens is 398 g/mol. The Balaban J connectivity index is 1.65. The van der Waals surface area contributed by atoms with Crippen molar-refractivity contribution in [3.63, 3.8) is 0 Å². The highest BCUT2D eigenvalue weighted by Crippen LogP contribution is 2.28. The van der Waals surface area contributed by atoms with Crippen molar-refractivity contribution in [2.75, 3.05) is 19.0 Å². The quantitative estimate of drug-likeness (QED) is 0.450. The van der Waals surface area contributed by atoms with Crippen LogP contribution in [0.1, 0.15) is 43.0 Å². The van der Waals surface area contributed by atoms with E-state index in [2.05, 4.69) is 25.8 Å². The molecule has 0 aliphatic rings. The molecule has 0 radical (unpaired) electrons. The van der Waals surface area contributed by atoms with Gasteiger partial charge in [0.2, 0.25) is 5.91 Å². The van der Waals surface area contributed by atoms with Gasteiger partial charge in [-0.15, -0.1) is 0 Å². The highest BCUT2D eigenvalue weighted by molar-refractivity contribution is 5.75. The number of hydrogen-bond acceptors (Lipinski definition) is 7. The van der Waals surface area contributed by atoms with Crippen LogP contribution in [0, 0.1) is 13.8 Å². The Bertz CT molecular complexity index is 1070. The number of carbonyl (C=O) groups is 1. The van der Waals surface area contributed by atoms with E-state index in [1.54, 1.807) is 25.5 Å². The van der Waals surface area contributed by atoms with Crippen molar-refractivity contribution in [3.05, 3.63) is 58.1 Å². The van der Waals surface area contributed by atoms with Crippen LogP contribution in [-0.4, -0.2) is 34.7 Å². The van der Waals surface area contributed by atoms with Gasteiger partial charge < -0.3 is 24.9 Å². The number of nitrogens with zero attached hydrogens (tertiary/aromatic N) is 2. The Kier molecular flexibility index (Phi) is 7.07. The Morgan fingerprint density at radius 2 is 2.13 bits per heavy atom. The Labute approximate surface area is 180 Å². The predicted molar refractivity (Wildman–Crippen MR) is 117 cm³/mol. The fourth-order valence-corrected chi connectivity index (χ4v) is 3.22. The summed E-state index contributed by atoms with van der Waals surface area (Å²) in [7, 11) is 1.61. The zero-order valence-electron chi connectivity index (χ0n) is 18.1. The fourth-order valence-electron chi connectivity index (χ4n) is 3.22. The average molecular weight is 425 g/mol. The van der Waals surface area contributed by atoms with Gasteiger partial charge in [-0.2, -0.15) is 0 Å². The third kappa shape index (κ3) is 5.50. The minimum atomic E-state index is -0.224. The molecule has 0 saturated carbocycles. The number of hydrogen-bond donors (Lipinski definition) is 3. The van der Waals surface area contributed by atoms with E-state index in [1.165, 1.54) is 0 Å². The zero-order chi connectivity index (χ0) is 22.4. The van der Waals surface area contributed by atoms with Gasteiger partial charge in [-0.1, -0.05) is 5.16 Å². The largest absolute Gasteiger partial charge is 0.492 e. The first-order chi connectivity index (χ1) is 14.9. The number of carbonyl (C=O) groups excluding carboxylic acids is 1. The monoisotopic (exact) mass is 425 g/mol. The lowest BCUT2D eigenvalue weighted by molar-refractivity contribution is -0.120. The molecule has 0 unspecified atom stereocenters. The lowest BCUT2D eigenvalue weighted by Crippen LogP contribution is -2.18. The SMILES string of the molecule is CNC(=O)CCCOc1ccc([C@@H](C)Nc2cc(-c3c(C)noc3C)c[nH]c2=O)nc1. The average Bonchev–Trinajstić information content (AvgIpc) is 3.11. The van der Waals surface area contributed by atoms with Gasteiger partial charge >= 0.3 is 0 Å². The van der Waals surface area contributed by atoms with E-state index in [0.717, 1.165) is 22.5 Å². The topological polar surface area (TPSA) is 122 Å². The molecule has 1 amide bonds. The van der Waals surface area contributed by atoms with Crippen molar-refractivity contribution in [2.24, 2.45) is 0 Å². The summed E-state index contributed by atoms with van der Waals surface area (Å²) in [6, 6.07) is 5.25. The van der Waals surface area contributed by atoms with Crippen molar-refractivity contribution in [2.45, 2.75) is 39.7 Å². The molecule has 0 bridgehead atoms. The van der Waals surface area contributed by atoms with E-state index in [1.807, 2.05) is 32.9 Å². The molecule has 9 heteroatoms. The molecule has 0 saturated heterocycles. The maximum atomic E-state index is 12.3. The number of aromatic nitrogens is 3. The molecule has 0 aliphatic carbocycles. The maximum absolute atomic E-state index is 12.3. The van der Waals surface area contributed by atoms with E-state index in [-0.39, 0.29) is 17.5 Å². The predicted octanol–water partition coefficient (Wildman–Crippen LogP) is 3.12. The van der Waals surface area contributed by atoms with Gasteiger partial charge in [0.1, 0.15) is 17.2 Å². The molecule has 9 nitrogen and oxygen atoms in total. The van der Waals surface area contributed by atoms with E-state index in [4.69, 9.17) is 9.26 Å². The second kappa shape index (κ2) is 9.92. The Morgan fingerprint density at radius 3 is 2.77 bits per heavy atom. The summed E-state index contributed by atoms with van der Waals surface area (Å²) in [5.74, 6) is 1.31. The highest BCUT2D eigenvalue weighted by Gasteiger charge is 2.15. The number of aromatic amines is 1. The normalized spacial score (nSPS) is 11.7. The van der Waals surface area contributed by atoms with Crippen LogP contribution in [-0.2, 0) is 4.79 Å². The Hall–Kier alpha value is -3.62. The third-order valence-corrected chi connectivity index (χ3v) is 4.90. The summed E-state index contributed by atoms with van der Waals surface area (Å²) in [4.78, 5) is 30.7. The van der Waals surface area contributed by atoms with Gasteiger partial charge in [-0.05, 0) is 45.4 Å². The molecule has 3 rings (SSSR count). The number of amides is 1. The molecule has 0 aliphatic heterocycles. The van der Waals surface area contributed by atoms with Gasteiger partial charge in [-0.3, -0.25) is 14.6 Å². The molecule has 3 aromatic rings. The van der Waals surface area contributed by atoms with Crippen LogP contribution >= 0.6 is 0 Å². The van der Waals surface area contributed by atoms with Crippen LogP contribution in [0.4, 0.5) is 5.69 Å². The summed E-state index contributed by atoms with van der Waals surface area (Å²) in [6.07, 6.45) is 4.34. The fraction of sp³-hybridized carbons (Fsp3) is 0.364. The first-order valence-electron chi connectivity index (χ1n) is 10.1. The van der Waals surface area contributed by atoms with Crippen LogP contribution in [0.15, 0.2) is 39.9 Å². The molecular formula is C22H27N5O4. The van der Waals surface area contributed by atoms with Crippen molar-refractivity contribution in [1.82, 2.24) is 20.4 Å². The molecule has 0 aromatic carbocycles. The number of H-pyrrole nitrogens is 1. The molecule has 0 fully saturated rings. The summed E-state index contributed by atoms with van der Waals surface area (Å²) in [5, 5.41) is 9.77. The zero-order valence-corrected chi connectivity index (χ0v) is 18.1. The first-order valence-corrected chi connectivity index (χ1v) is 10.1. The van der Waals surface area contributed by atoms with Crippen molar-refractivity contribution in [3.8, 4) is 16.9 Å². The van der Waals surface area contributed by atoms with Crippen LogP contribution in [0.3, 0.4) is 0 Å². The number of ether oxygens (including phenoxy) is 1. The molecule has 3 aromatic heterocycles. The lowest BCUT2D eigenvalue weighted by Gasteiger charge is -2.15. The lowest BCUT2D eigenvalue weighted by atomic mass is 10.1. The van der Waals surface area contributed by atoms with E-state index < -0.39 is 0 Å². The first kappa shape index (κ1) is 22.1. The van der Waals surface area contributed by atoms with Crippen molar-refractivity contribution in [1.29, 1.82) is 0 Å². The highest BCUT2D eigenvalue weighted by atomic mass is 16.5. The van der Waals surface area contributed by atoms with E-state index in [0.29, 0.717) is 36.6 Å². The molecule has 3 heterocycles. The molecule has 1 atom stereocenters. The van der Waals surface area contributed by atoms with Crippen molar-refractivity contribution >= 4 is 11.6 Å². The second-order valence-corrected chi connectivity index (χ2v) is 7.24. The van der Waals surface area contributed by atoms with Gasteiger partial charge in [0.25, 0.3) is 5.56 Å². The standard InChI is InChI=1S/C22H27N5O4/c1-13(18-8-7-17(12-24-18)30-9-5-6-20(28)23-4)26-19-10-16(11-25-22(19)29)21-14(2)27-31-15(21)3/h7-8,10-13,26H,5-6,9H2,1-4H3,(H,23,28)(H,25,29)/t13-/m1/s1. The summed E-state index contributed by atoms with van der Waals surface area (Å²) < 4.78 is 10.8. The van der Waals surface area contributed by atoms with Crippen LogP contribution in [0.5, 0.6) is 5.75 Å². The number of anilines is 1. The molecule has 31 heavy (non-hydrogen) atoms. The van der Waals surface area contributed by atoms with Gasteiger partial charge in [0, 0.05) is 30.8 Å². The molecule has 3 N–H and O–H groups in total. The number of pyridine rings is 2. The number of nitrogens with one attached hydrogen (secondary N) is 3. The molecule has 164 valence electrons. The minimum absolute atomic E-state index is 0.00890. The number of rotatable bonds is 9. The Morgan fingerprint density at radius 1 is 1.32 bits per heavy atom. The van der Waals surface area contributed by atoms with Crippen molar-refractivity contribution < 1.29 is 14.1 Å². The van der Waals surface area contributed by atoms with Gasteiger partial charge in [0.05, 0.1) is 30.2 Å². The molecule has 0 spiro atoms. The smallest absolute Gasteiger partial charge is 0.271 e. The van der Waals surface area contributed by atoms with E-state index >= 15 is 0 Å². The summed E-state index contributed by atoms with van der Waals surface area (Å²) in [5.41, 5.74) is 3.41. The number of aryl methyl sites for hydroxylation is 2. The second-order valence-electron chi connectivity index (χ2n) is 7.24. The van der Waals surface area contributed by atoms with Crippen LogP contribution in [0.25, 0.3) is 11.1 Å². The third-order valence-electron chi connectivity index (χ3n) is 4.90.